The van der Waals surface area contributed by atoms with Crippen LogP contribution in [0.2, 0.25) is 0 Å². The summed E-state index contributed by atoms with van der Waals surface area (Å²) >= 11 is 1.09. The molecule has 1 saturated heterocycles. The Morgan fingerprint density at radius 2 is 1.86 bits per heavy atom. The van der Waals surface area contributed by atoms with Gasteiger partial charge in [-0.1, -0.05) is 0 Å². The van der Waals surface area contributed by atoms with E-state index >= 15 is 0 Å². The first-order chi connectivity index (χ1) is 12.9. The van der Waals surface area contributed by atoms with Crippen LogP contribution in [0.1, 0.15) is 39.3 Å². The molecule has 6 nitrogen and oxygen atoms in total. The second-order valence-electron chi connectivity index (χ2n) is 6.59. The molecule has 9 heteroatoms. The molecule has 0 aliphatic carbocycles. The van der Waals surface area contributed by atoms with Gasteiger partial charge in [-0.05, 0) is 50.2 Å². The molecule has 1 aromatic carbocycles. The van der Waals surface area contributed by atoms with E-state index in [1.165, 1.54) is 35.7 Å². The molecular formula is C19H20ClFN2O4S. The van der Waals surface area contributed by atoms with E-state index in [0.717, 1.165) is 24.4 Å². The minimum Gasteiger partial charge on any atom is -0.303 e. The Morgan fingerprint density at radius 1 is 1.21 bits per heavy atom. The third kappa shape index (κ3) is 5.43. The van der Waals surface area contributed by atoms with Gasteiger partial charge in [-0.3, -0.25) is 19.7 Å². The Bertz CT molecular complexity index is 848. The fourth-order valence-corrected chi connectivity index (χ4v) is 4.04. The van der Waals surface area contributed by atoms with Crippen LogP contribution in [0.5, 0.6) is 0 Å². The number of hydrogen-bond donors (Lipinski definition) is 0. The van der Waals surface area contributed by atoms with Crippen molar-refractivity contribution in [2.45, 2.75) is 19.3 Å². The van der Waals surface area contributed by atoms with Crippen molar-refractivity contribution in [1.29, 1.82) is 0 Å². The number of Topliss-reactive ketones (excluding diaryl/α,β-unsaturated/α-hetero) is 2. The van der Waals surface area contributed by atoms with Crippen molar-refractivity contribution < 1.29 is 18.9 Å². The number of halogens is 2. The van der Waals surface area contributed by atoms with E-state index in [4.69, 9.17) is 0 Å². The zero-order chi connectivity index (χ0) is 19.4. The Hall–Kier alpha value is -2.16. The number of benzene rings is 1. The average Bonchev–Trinajstić information content (AvgIpc) is 3.17. The van der Waals surface area contributed by atoms with E-state index < -0.39 is 4.92 Å². The largest absolute Gasteiger partial charge is 0.303 e. The van der Waals surface area contributed by atoms with Gasteiger partial charge < -0.3 is 4.90 Å². The number of likely N-dealkylation sites (tertiary alicyclic amines) is 1. The molecule has 3 rings (SSSR count). The van der Waals surface area contributed by atoms with Crippen molar-refractivity contribution in [3.8, 4) is 0 Å². The highest BCUT2D eigenvalue weighted by Crippen LogP contribution is 2.24. The lowest BCUT2D eigenvalue weighted by Crippen LogP contribution is -2.37. The van der Waals surface area contributed by atoms with Crippen LogP contribution in [-0.2, 0) is 0 Å². The maximum Gasteiger partial charge on any atom is 0.280 e. The van der Waals surface area contributed by atoms with Gasteiger partial charge in [-0.2, -0.15) is 0 Å². The van der Waals surface area contributed by atoms with Gasteiger partial charge in [-0.25, -0.2) is 4.39 Å². The zero-order valence-electron chi connectivity index (χ0n) is 15.0. The summed E-state index contributed by atoms with van der Waals surface area (Å²) in [6.07, 6.45) is 1.71. The molecule has 2 heterocycles. The summed E-state index contributed by atoms with van der Waals surface area (Å²) in [7, 11) is 0. The Labute approximate surface area is 171 Å². The van der Waals surface area contributed by atoms with Gasteiger partial charge in [0.05, 0.1) is 15.2 Å². The molecule has 0 N–H and O–H groups in total. The van der Waals surface area contributed by atoms with E-state index in [1.807, 2.05) is 0 Å². The lowest BCUT2D eigenvalue weighted by molar-refractivity contribution is -0.384. The highest BCUT2D eigenvalue weighted by Gasteiger charge is 2.26. The monoisotopic (exact) mass is 426 g/mol. The van der Waals surface area contributed by atoms with Gasteiger partial charge in [0.1, 0.15) is 5.82 Å². The molecule has 0 saturated carbocycles. The zero-order valence-corrected chi connectivity index (χ0v) is 16.6. The minimum atomic E-state index is -0.504. The molecule has 1 fully saturated rings. The van der Waals surface area contributed by atoms with Crippen LogP contribution in [0.15, 0.2) is 35.7 Å². The fraction of sp³-hybridized carbons (Fsp3) is 0.368. The molecular weight excluding hydrogens is 407 g/mol. The number of carbonyl (C=O) groups is 2. The van der Waals surface area contributed by atoms with Crippen molar-refractivity contribution in [1.82, 2.24) is 4.90 Å². The number of nitro groups is 1. The predicted molar refractivity (Wildman–Crippen MR) is 107 cm³/mol. The first kappa shape index (κ1) is 22.1. The van der Waals surface area contributed by atoms with Crippen molar-refractivity contribution in [2.75, 3.05) is 19.6 Å². The molecule has 0 amide bonds. The minimum absolute atomic E-state index is 0. The second kappa shape index (κ2) is 9.86. The first-order valence-corrected chi connectivity index (χ1v) is 9.60. The maximum atomic E-state index is 13.0. The lowest BCUT2D eigenvalue weighted by atomic mass is 9.89. The average molecular weight is 427 g/mol. The quantitative estimate of drug-likeness (QED) is 0.372. The summed E-state index contributed by atoms with van der Waals surface area (Å²) in [6.45, 7) is 2.01. The van der Waals surface area contributed by atoms with Gasteiger partial charge >= 0.3 is 0 Å². The number of rotatable bonds is 7. The van der Waals surface area contributed by atoms with Gasteiger partial charge in [0, 0.05) is 30.5 Å². The molecule has 1 aliphatic rings. The number of hydrogen-bond acceptors (Lipinski definition) is 6. The summed E-state index contributed by atoms with van der Waals surface area (Å²) in [5.41, 5.74) is 0.479. The van der Waals surface area contributed by atoms with Crippen molar-refractivity contribution in [3.63, 3.8) is 0 Å². The molecule has 0 unspecified atom stereocenters. The topological polar surface area (TPSA) is 80.5 Å². The number of ketones is 2. The molecule has 28 heavy (non-hydrogen) atoms. The van der Waals surface area contributed by atoms with Gasteiger partial charge in [0.15, 0.2) is 11.6 Å². The van der Waals surface area contributed by atoms with Crippen molar-refractivity contribution >= 4 is 41.0 Å². The molecule has 0 radical (unpaired) electrons. The van der Waals surface area contributed by atoms with Gasteiger partial charge in [-0.15, -0.1) is 23.7 Å². The highest BCUT2D eigenvalue weighted by molar-refractivity contribution is 7.12. The third-order valence-electron chi connectivity index (χ3n) is 4.81. The fourth-order valence-electron chi connectivity index (χ4n) is 3.22. The summed E-state index contributed by atoms with van der Waals surface area (Å²) in [5, 5.41) is 12.1. The summed E-state index contributed by atoms with van der Waals surface area (Å²) < 4.78 is 13.0. The molecule has 150 valence electrons. The third-order valence-corrected chi connectivity index (χ3v) is 5.77. The smallest absolute Gasteiger partial charge is 0.280 e. The first-order valence-electron chi connectivity index (χ1n) is 8.72. The standard InChI is InChI=1S/C19H19FN2O4S.ClH/c20-15-3-1-13(2-4-15)19(24)14-5-8-21(9-6-14)10-7-17(23)18-11-16(12-27-18)22(25)26;/h1-4,11-12,14H,5-10H2;1H. The number of piperidine rings is 1. The molecule has 0 bridgehead atoms. The molecule has 1 aromatic heterocycles. The van der Waals surface area contributed by atoms with Crippen LogP contribution in [0.25, 0.3) is 0 Å². The Balaban J connectivity index is 0.00000280. The summed E-state index contributed by atoms with van der Waals surface area (Å²) in [5.74, 6) is -0.501. The second-order valence-corrected chi connectivity index (χ2v) is 7.50. The molecule has 0 atom stereocenters. The molecule has 2 aromatic rings. The summed E-state index contributed by atoms with van der Waals surface area (Å²) in [6, 6.07) is 6.94. The van der Waals surface area contributed by atoms with Crippen LogP contribution in [0.3, 0.4) is 0 Å². The van der Waals surface area contributed by atoms with Crippen LogP contribution >= 0.6 is 23.7 Å². The van der Waals surface area contributed by atoms with E-state index in [2.05, 4.69) is 4.90 Å². The van der Waals surface area contributed by atoms with E-state index in [-0.39, 0.29) is 41.4 Å². The Morgan fingerprint density at radius 3 is 2.43 bits per heavy atom. The van der Waals surface area contributed by atoms with Crippen LogP contribution < -0.4 is 0 Å². The number of thiophene rings is 1. The van der Waals surface area contributed by atoms with E-state index in [1.54, 1.807) is 0 Å². The molecule has 0 spiro atoms. The van der Waals surface area contributed by atoms with Crippen LogP contribution in [-0.4, -0.2) is 41.0 Å². The van der Waals surface area contributed by atoms with Crippen molar-refractivity contribution in [2.24, 2.45) is 5.92 Å². The Kier molecular flexibility index (Phi) is 7.79. The molecule has 1 aliphatic heterocycles. The number of carbonyl (C=O) groups excluding carboxylic acids is 2. The van der Waals surface area contributed by atoms with Gasteiger partial charge in [0.2, 0.25) is 0 Å². The summed E-state index contributed by atoms with van der Waals surface area (Å²) in [4.78, 5) is 37.4. The highest BCUT2D eigenvalue weighted by atomic mass is 35.5. The van der Waals surface area contributed by atoms with Gasteiger partial charge in [0.25, 0.3) is 5.69 Å². The van der Waals surface area contributed by atoms with E-state index in [9.17, 15) is 24.1 Å². The number of nitrogens with zero attached hydrogens (tertiary/aromatic N) is 2. The maximum absolute atomic E-state index is 13.0. The van der Waals surface area contributed by atoms with E-state index in [0.29, 0.717) is 36.2 Å². The van der Waals surface area contributed by atoms with Crippen LogP contribution in [0.4, 0.5) is 10.1 Å². The SMILES string of the molecule is Cl.O=C(CCN1CCC(C(=O)c2ccc(F)cc2)CC1)c1cc([N+](=O)[O-])cs1. The predicted octanol–water partition coefficient (Wildman–Crippen LogP) is 4.38. The van der Waals surface area contributed by atoms with Crippen molar-refractivity contribution in [3.05, 3.63) is 62.1 Å². The lowest BCUT2D eigenvalue weighted by Gasteiger charge is -2.31. The van der Waals surface area contributed by atoms with Crippen LogP contribution in [0, 0.1) is 21.8 Å². The normalized spacial score (nSPS) is 15.0.